The Morgan fingerprint density at radius 1 is 1.00 bits per heavy atom. The molecule has 0 heterocycles. The summed E-state index contributed by atoms with van der Waals surface area (Å²) in [5.74, 6) is 3.37. The van der Waals surface area contributed by atoms with Crippen LogP contribution in [0.5, 0.6) is 11.5 Å². The highest BCUT2D eigenvalue weighted by atomic mass is 32.2. The average molecular weight is 431 g/mol. The van der Waals surface area contributed by atoms with Crippen LogP contribution in [-0.4, -0.2) is 36.5 Å². The molecule has 0 amide bonds. The van der Waals surface area contributed by atoms with Crippen LogP contribution in [0.1, 0.15) is 11.1 Å². The lowest BCUT2D eigenvalue weighted by atomic mass is 10.1. The van der Waals surface area contributed by atoms with Crippen LogP contribution in [0.15, 0.2) is 47.4 Å². The zero-order chi connectivity index (χ0) is 21.7. The van der Waals surface area contributed by atoms with Gasteiger partial charge in [-0.25, -0.2) is 8.42 Å². The Bertz CT molecular complexity index is 1040. The summed E-state index contributed by atoms with van der Waals surface area (Å²) in [4.78, 5) is 12.2. The number of Topliss-reactive ketones (excluding diaryl/α,β-unsaturated/α-hetero) is 1. The van der Waals surface area contributed by atoms with Gasteiger partial charge < -0.3 is 9.47 Å². The van der Waals surface area contributed by atoms with Gasteiger partial charge in [0.05, 0.1) is 24.9 Å². The molecule has 0 spiro atoms. The van der Waals surface area contributed by atoms with Crippen molar-refractivity contribution < 1.29 is 22.7 Å². The summed E-state index contributed by atoms with van der Waals surface area (Å²) < 4.78 is 36.1. The van der Waals surface area contributed by atoms with E-state index in [0.29, 0.717) is 17.1 Å². The lowest BCUT2D eigenvalue weighted by Crippen LogP contribution is -2.17. The van der Waals surface area contributed by atoms with Gasteiger partial charge >= 0.3 is 0 Å². The van der Waals surface area contributed by atoms with Gasteiger partial charge in [-0.2, -0.15) is 0 Å². The number of benzene rings is 2. The first-order chi connectivity index (χ1) is 13.5. The number of ketones is 1. The second-order valence-corrected chi connectivity index (χ2v) is 14.4. The highest BCUT2D eigenvalue weighted by Gasteiger charge is 2.19. The van der Waals surface area contributed by atoms with Gasteiger partial charge in [0.25, 0.3) is 0 Å². The van der Waals surface area contributed by atoms with Crippen molar-refractivity contribution in [2.45, 2.75) is 36.7 Å². The molecule has 2 rings (SSSR count). The summed E-state index contributed by atoms with van der Waals surface area (Å²) in [5.41, 5.74) is 4.30. The van der Waals surface area contributed by atoms with E-state index in [1.807, 2.05) is 0 Å². The summed E-state index contributed by atoms with van der Waals surface area (Å²) in [6.45, 7) is 6.22. The van der Waals surface area contributed by atoms with Crippen LogP contribution in [0.25, 0.3) is 0 Å². The maximum atomic E-state index is 12.8. The average Bonchev–Trinajstić information content (AvgIpc) is 2.66. The van der Waals surface area contributed by atoms with E-state index in [2.05, 4.69) is 31.1 Å². The largest absolute Gasteiger partial charge is 0.497 e. The summed E-state index contributed by atoms with van der Waals surface area (Å²) in [6.07, 6.45) is 0.168. The van der Waals surface area contributed by atoms with Crippen molar-refractivity contribution in [3.05, 3.63) is 53.6 Å². The molecule has 0 unspecified atom stereocenters. The molecule has 0 bridgehead atoms. The summed E-state index contributed by atoms with van der Waals surface area (Å²) in [7, 11) is -2.18. The van der Waals surface area contributed by atoms with Crippen LogP contribution in [0.2, 0.25) is 19.6 Å². The molecular weight excluding hydrogens is 404 g/mol. The van der Waals surface area contributed by atoms with Crippen LogP contribution in [-0.2, 0) is 26.8 Å². The minimum absolute atomic E-state index is 0.163. The van der Waals surface area contributed by atoms with Gasteiger partial charge in [-0.3, -0.25) is 4.79 Å². The third kappa shape index (κ3) is 6.77. The van der Waals surface area contributed by atoms with E-state index in [1.165, 1.54) is 26.4 Å². The lowest BCUT2D eigenvalue weighted by molar-refractivity contribution is -0.113. The quantitative estimate of drug-likeness (QED) is 0.495. The zero-order valence-electron chi connectivity index (χ0n) is 17.4. The molecule has 0 aliphatic carbocycles. The number of rotatable bonds is 7. The fourth-order valence-corrected chi connectivity index (χ4v) is 4.45. The summed E-state index contributed by atoms with van der Waals surface area (Å²) in [5, 5.41) is 0. The van der Waals surface area contributed by atoms with Crippen LogP contribution < -0.4 is 9.47 Å². The number of hydrogen-bond donors (Lipinski definition) is 0. The molecule has 154 valence electrons. The molecule has 0 aromatic heterocycles. The molecular formula is C22H26O5SSi. The number of carbonyl (C=O) groups excluding carboxylic acids is 1. The number of hydrogen-bond acceptors (Lipinski definition) is 5. The van der Waals surface area contributed by atoms with E-state index >= 15 is 0 Å². The summed E-state index contributed by atoms with van der Waals surface area (Å²) in [6, 6.07) is 11.4. The van der Waals surface area contributed by atoms with E-state index < -0.39 is 17.9 Å². The third-order valence-electron chi connectivity index (χ3n) is 4.06. The Hall–Kier alpha value is -2.56. The molecule has 0 N–H and O–H groups in total. The molecule has 0 radical (unpaired) electrons. The smallest absolute Gasteiger partial charge is 0.209 e. The predicted octanol–water partition coefficient (Wildman–Crippen LogP) is 3.67. The minimum Gasteiger partial charge on any atom is -0.497 e. The number of carbonyl (C=O) groups is 1. The van der Waals surface area contributed by atoms with Crippen molar-refractivity contribution >= 4 is 23.7 Å². The number of sulfone groups is 1. The van der Waals surface area contributed by atoms with Crippen molar-refractivity contribution in [1.82, 2.24) is 0 Å². The molecule has 0 fully saturated rings. The van der Waals surface area contributed by atoms with Crippen LogP contribution in [0.3, 0.4) is 0 Å². The fourth-order valence-electron chi connectivity index (χ4n) is 2.58. The second kappa shape index (κ2) is 9.29. The minimum atomic E-state index is -3.59. The Kier molecular flexibility index (Phi) is 7.28. The molecule has 0 aliphatic rings. The second-order valence-electron chi connectivity index (χ2n) is 7.68. The van der Waals surface area contributed by atoms with Gasteiger partial charge in [-0.1, -0.05) is 31.8 Å². The summed E-state index contributed by atoms with van der Waals surface area (Å²) >= 11 is 0. The van der Waals surface area contributed by atoms with Gasteiger partial charge in [0.2, 0.25) is 5.78 Å². The molecule has 0 saturated carbocycles. The van der Waals surface area contributed by atoms with Crippen molar-refractivity contribution in [2.75, 3.05) is 14.2 Å². The fraction of sp³-hybridized carbons (Fsp3) is 0.318. The third-order valence-corrected chi connectivity index (χ3v) is 6.61. The molecule has 0 aliphatic heterocycles. The maximum absolute atomic E-state index is 12.8. The van der Waals surface area contributed by atoms with E-state index in [-0.39, 0.29) is 22.9 Å². The van der Waals surface area contributed by atoms with Crippen LogP contribution in [0.4, 0.5) is 0 Å². The predicted molar refractivity (Wildman–Crippen MR) is 117 cm³/mol. The first-order valence-electron chi connectivity index (χ1n) is 9.13. The molecule has 0 saturated heterocycles. The highest BCUT2D eigenvalue weighted by molar-refractivity contribution is 7.90. The highest BCUT2D eigenvalue weighted by Crippen LogP contribution is 2.28. The van der Waals surface area contributed by atoms with Crippen molar-refractivity contribution in [1.29, 1.82) is 0 Å². The Balaban J connectivity index is 2.18. The normalized spacial score (nSPS) is 11.3. The standard InChI is InChI=1S/C22H26O5SSi/c1-26-20-8-11-22(27-2)18(15-20)16-28(24,25)21-9-6-17(7-10-21)14-19(23)12-13-29(3,4)5/h6-11,15H,14,16H2,1-5H3. The van der Waals surface area contributed by atoms with E-state index in [9.17, 15) is 13.2 Å². The van der Waals surface area contributed by atoms with E-state index in [0.717, 1.165) is 5.56 Å². The maximum Gasteiger partial charge on any atom is 0.209 e. The molecule has 5 nitrogen and oxygen atoms in total. The topological polar surface area (TPSA) is 69.7 Å². The van der Waals surface area contributed by atoms with Crippen LogP contribution in [0, 0.1) is 11.5 Å². The van der Waals surface area contributed by atoms with Gasteiger partial charge in [0, 0.05) is 12.0 Å². The van der Waals surface area contributed by atoms with Gasteiger partial charge in [0.1, 0.15) is 19.6 Å². The molecule has 7 heteroatoms. The van der Waals surface area contributed by atoms with E-state index in [1.54, 1.807) is 30.3 Å². The Morgan fingerprint density at radius 3 is 2.21 bits per heavy atom. The number of methoxy groups -OCH3 is 2. The Labute approximate surface area is 174 Å². The van der Waals surface area contributed by atoms with Gasteiger partial charge in [0.15, 0.2) is 9.84 Å². The Morgan fingerprint density at radius 2 is 1.66 bits per heavy atom. The number of ether oxygens (including phenoxy) is 2. The van der Waals surface area contributed by atoms with Crippen molar-refractivity contribution in [3.63, 3.8) is 0 Å². The van der Waals surface area contributed by atoms with Crippen molar-refractivity contribution in [3.8, 4) is 23.0 Å². The first kappa shape index (κ1) is 22.7. The van der Waals surface area contributed by atoms with Gasteiger partial charge in [-0.15, -0.1) is 5.54 Å². The van der Waals surface area contributed by atoms with Gasteiger partial charge in [-0.05, 0) is 41.8 Å². The van der Waals surface area contributed by atoms with E-state index in [4.69, 9.17) is 9.47 Å². The van der Waals surface area contributed by atoms with Crippen LogP contribution >= 0.6 is 0 Å². The molecule has 29 heavy (non-hydrogen) atoms. The lowest BCUT2D eigenvalue weighted by Gasteiger charge is -2.11. The molecule has 0 atom stereocenters. The zero-order valence-corrected chi connectivity index (χ0v) is 19.2. The SMILES string of the molecule is COc1ccc(OC)c(CS(=O)(=O)c2ccc(CC(=O)C#C[Si](C)(C)C)cc2)c1. The molecule has 2 aromatic rings. The first-order valence-corrected chi connectivity index (χ1v) is 14.3. The molecule has 2 aromatic carbocycles. The monoisotopic (exact) mass is 430 g/mol. The van der Waals surface area contributed by atoms with Crippen molar-refractivity contribution in [2.24, 2.45) is 0 Å².